The number of fused-ring (bicyclic) bond motifs is 2. The highest BCUT2D eigenvalue weighted by Gasteiger charge is 2.39. The zero-order chi connectivity index (χ0) is 29.8. The van der Waals surface area contributed by atoms with Crippen LogP contribution in [0.15, 0.2) is 53.6 Å². The second-order valence-electron chi connectivity index (χ2n) is 11.0. The fraction of sp³-hybridized carbons (Fsp3) is 0.379. The summed E-state index contributed by atoms with van der Waals surface area (Å²) in [5.74, 6) is 0.716. The Hall–Kier alpha value is -4.23. The van der Waals surface area contributed by atoms with Gasteiger partial charge in [0.25, 0.3) is 5.56 Å². The van der Waals surface area contributed by atoms with Crippen molar-refractivity contribution in [2.75, 3.05) is 31.1 Å². The van der Waals surface area contributed by atoms with E-state index in [0.29, 0.717) is 70.5 Å². The van der Waals surface area contributed by atoms with Crippen LogP contribution >= 0.6 is 11.6 Å². The summed E-state index contributed by atoms with van der Waals surface area (Å²) in [6, 6.07) is 10.3. The van der Waals surface area contributed by atoms with Crippen LogP contribution in [0.25, 0.3) is 22.0 Å². The number of hydrogen-bond acceptors (Lipinski definition) is 8. The molecule has 11 nitrogen and oxygen atoms in total. The van der Waals surface area contributed by atoms with Crippen LogP contribution in [0.3, 0.4) is 0 Å². The lowest BCUT2D eigenvalue weighted by molar-refractivity contribution is 0.0566. The van der Waals surface area contributed by atoms with Crippen LogP contribution in [-0.4, -0.2) is 79.9 Å². The molecule has 5 heterocycles. The molecule has 3 aliphatic heterocycles. The van der Waals surface area contributed by atoms with Crippen molar-refractivity contribution < 1.29 is 28.2 Å². The number of aliphatic hydroxyl groups excluding tert-OH is 1. The molecule has 3 fully saturated rings. The quantitative estimate of drug-likeness (QED) is 0.334. The van der Waals surface area contributed by atoms with Crippen molar-refractivity contribution in [3.05, 3.63) is 69.7 Å². The molecule has 3 saturated heterocycles. The third-order valence-corrected chi connectivity index (χ3v) is 8.39. The summed E-state index contributed by atoms with van der Waals surface area (Å²) >= 11 is 6.07. The maximum absolute atomic E-state index is 14.1. The molecule has 14 heteroatoms. The van der Waals surface area contributed by atoms with Crippen molar-refractivity contribution in [3.63, 3.8) is 0 Å². The fourth-order valence-corrected chi connectivity index (χ4v) is 5.99. The first-order chi connectivity index (χ1) is 20.7. The maximum Gasteiger partial charge on any atom is 0.410 e. The molecule has 0 aliphatic carbocycles. The van der Waals surface area contributed by atoms with E-state index in [0.717, 1.165) is 5.56 Å². The Morgan fingerprint density at radius 1 is 1.16 bits per heavy atom. The summed E-state index contributed by atoms with van der Waals surface area (Å²) in [5, 5.41) is 14.6. The largest absolute Gasteiger partial charge is 0.490 e. The molecule has 2 aromatic carbocycles. The Balaban J connectivity index is 1.33. The van der Waals surface area contributed by atoms with Gasteiger partial charge in [-0.05, 0) is 29.8 Å². The SMILES string of the molecule is O=C1OC[C@@H]2C[C@@H](Oc3cc4c(=O)n(Cc5ccc(Cl)cc5)c(N5CC(O)C5)nc4cc3-c3cnn(C(F)F)c3)CCN12. The number of nitrogens with zero attached hydrogens (tertiary/aromatic N) is 6. The number of hydrogen-bond donors (Lipinski definition) is 1. The van der Waals surface area contributed by atoms with Crippen LogP contribution in [0.5, 0.6) is 5.75 Å². The number of aromatic nitrogens is 4. The second-order valence-corrected chi connectivity index (χ2v) is 11.5. The van der Waals surface area contributed by atoms with Gasteiger partial charge in [0.05, 0.1) is 35.8 Å². The number of benzene rings is 2. The molecule has 0 radical (unpaired) electrons. The van der Waals surface area contributed by atoms with Gasteiger partial charge in [0, 0.05) is 54.8 Å². The van der Waals surface area contributed by atoms with Gasteiger partial charge in [-0.15, -0.1) is 0 Å². The van der Waals surface area contributed by atoms with Crippen LogP contribution < -0.4 is 15.2 Å². The van der Waals surface area contributed by atoms with Gasteiger partial charge in [-0.1, -0.05) is 23.7 Å². The van der Waals surface area contributed by atoms with E-state index in [1.165, 1.54) is 12.4 Å². The molecule has 0 spiro atoms. The van der Waals surface area contributed by atoms with E-state index in [-0.39, 0.29) is 42.3 Å². The Morgan fingerprint density at radius 2 is 1.95 bits per heavy atom. The van der Waals surface area contributed by atoms with E-state index in [1.807, 2.05) is 17.0 Å². The van der Waals surface area contributed by atoms with Crippen LogP contribution in [0.4, 0.5) is 19.5 Å². The predicted molar refractivity (Wildman–Crippen MR) is 153 cm³/mol. The lowest BCUT2D eigenvalue weighted by atomic mass is 10.0. The molecule has 3 aliphatic rings. The van der Waals surface area contributed by atoms with Crippen molar-refractivity contribution >= 4 is 34.5 Å². The number of amides is 1. The predicted octanol–water partition coefficient (Wildman–Crippen LogP) is 3.90. The van der Waals surface area contributed by atoms with Crippen LogP contribution in [0, 0.1) is 0 Å². The standard InChI is InChI=1S/C29H27ClF2N6O5/c30-18-3-1-16(2-4-18)11-37-26(40)23-9-25(43-21-5-6-36-19(7-21)15-42-29(36)41)22(17-10-33-38(12-17)27(31)32)8-24(23)34-28(37)35-13-20(39)14-35/h1-4,8-10,12,19-21,27,39H,5-7,11,13-15H2/t19-,21-/m0/s1. The third-order valence-electron chi connectivity index (χ3n) is 8.14. The number of cyclic esters (lactones) is 1. The number of alkyl halides is 2. The molecule has 0 saturated carbocycles. The van der Waals surface area contributed by atoms with E-state index in [4.69, 9.17) is 26.1 Å². The summed E-state index contributed by atoms with van der Waals surface area (Å²) in [5.41, 5.74) is 1.70. The lowest BCUT2D eigenvalue weighted by Gasteiger charge is -2.38. The first-order valence-electron chi connectivity index (χ1n) is 13.9. The number of carbonyl (C=O) groups excluding carboxylic acids is 1. The highest BCUT2D eigenvalue weighted by molar-refractivity contribution is 6.30. The first-order valence-corrected chi connectivity index (χ1v) is 14.3. The van der Waals surface area contributed by atoms with Crippen LogP contribution in [-0.2, 0) is 11.3 Å². The Kier molecular flexibility index (Phi) is 6.93. The van der Waals surface area contributed by atoms with Gasteiger partial charge in [0.1, 0.15) is 18.5 Å². The van der Waals surface area contributed by atoms with E-state index in [1.54, 1.807) is 33.7 Å². The molecule has 43 heavy (non-hydrogen) atoms. The number of aliphatic hydroxyl groups is 1. The van der Waals surface area contributed by atoms with Gasteiger partial charge in [0.15, 0.2) is 0 Å². The number of carbonyl (C=O) groups is 1. The highest BCUT2D eigenvalue weighted by Crippen LogP contribution is 2.37. The average Bonchev–Trinajstić information content (AvgIpc) is 3.61. The van der Waals surface area contributed by atoms with Gasteiger partial charge in [-0.3, -0.25) is 9.36 Å². The van der Waals surface area contributed by atoms with Gasteiger partial charge >= 0.3 is 12.6 Å². The number of rotatable bonds is 7. The number of ether oxygens (including phenoxy) is 2. The van der Waals surface area contributed by atoms with Crippen molar-refractivity contribution in [1.29, 1.82) is 0 Å². The summed E-state index contributed by atoms with van der Waals surface area (Å²) in [7, 11) is 0. The molecular weight excluding hydrogens is 586 g/mol. The third kappa shape index (κ3) is 5.16. The number of halogens is 3. The molecule has 224 valence electrons. The lowest BCUT2D eigenvalue weighted by Crippen LogP contribution is -2.53. The maximum atomic E-state index is 14.1. The normalized spacial score (nSPS) is 20.4. The summed E-state index contributed by atoms with van der Waals surface area (Å²) in [6.07, 6.45) is 2.43. The number of β-amino-alcohol motifs (C(OH)–C–C–N with tert-alkyl or cyclic N) is 1. The molecule has 1 N–H and O–H groups in total. The summed E-state index contributed by atoms with van der Waals surface area (Å²) in [4.78, 5) is 34.4. The zero-order valence-corrected chi connectivity index (χ0v) is 23.5. The second kappa shape index (κ2) is 10.8. The molecule has 1 amide bonds. The molecule has 2 aromatic heterocycles. The minimum atomic E-state index is -2.83. The minimum absolute atomic E-state index is 0.121. The summed E-state index contributed by atoms with van der Waals surface area (Å²) in [6.45, 7) is -1.24. The Bertz CT molecular complexity index is 1760. The fourth-order valence-electron chi connectivity index (χ4n) is 5.87. The topological polar surface area (TPSA) is 115 Å². The van der Waals surface area contributed by atoms with Crippen molar-refractivity contribution in [2.45, 2.75) is 44.2 Å². The Labute approximate surface area is 248 Å². The van der Waals surface area contributed by atoms with Crippen molar-refractivity contribution in [1.82, 2.24) is 24.2 Å². The number of anilines is 1. The smallest absolute Gasteiger partial charge is 0.410 e. The van der Waals surface area contributed by atoms with Crippen molar-refractivity contribution in [2.24, 2.45) is 0 Å². The Morgan fingerprint density at radius 3 is 2.67 bits per heavy atom. The van der Waals surface area contributed by atoms with E-state index in [2.05, 4.69) is 5.10 Å². The minimum Gasteiger partial charge on any atom is -0.490 e. The average molecular weight is 613 g/mol. The van der Waals surface area contributed by atoms with Crippen molar-refractivity contribution in [3.8, 4) is 16.9 Å². The molecule has 0 bridgehead atoms. The molecule has 4 aromatic rings. The first kappa shape index (κ1) is 27.6. The van der Waals surface area contributed by atoms with Crippen LogP contribution in [0.1, 0.15) is 25.0 Å². The van der Waals surface area contributed by atoms with E-state index < -0.39 is 12.7 Å². The van der Waals surface area contributed by atoms with Gasteiger partial charge in [-0.25, -0.2) is 14.5 Å². The molecular formula is C29H27ClF2N6O5. The van der Waals surface area contributed by atoms with Crippen LogP contribution in [0.2, 0.25) is 5.02 Å². The van der Waals surface area contributed by atoms with Gasteiger partial charge < -0.3 is 24.4 Å². The van der Waals surface area contributed by atoms with E-state index in [9.17, 15) is 23.5 Å². The highest BCUT2D eigenvalue weighted by atomic mass is 35.5. The van der Waals surface area contributed by atoms with Gasteiger partial charge in [-0.2, -0.15) is 13.9 Å². The molecule has 0 unspecified atom stereocenters. The van der Waals surface area contributed by atoms with E-state index >= 15 is 0 Å². The molecule has 2 atom stereocenters. The molecule has 7 rings (SSSR count). The van der Waals surface area contributed by atoms with Gasteiger partial charge in [0.2, 0.25) is 5.95 Å². The number of piperidine rings is 1. The zero-order valence-electron chi connectivity index (χ0n) is 22.8. The summed E-state index contributed by atoms with van der Waals surface area (Å²) < 4.78 is 40.6. The monoisotopic (exact) mass is 612 g/mol.